The smallest absolute Gasteiger partial charge is 0.410 e. The summed E-state index contributed by atoms with van der Waals surface area (Å²) in [7, 11) is 0. The van der Waals surface area contributed by atoms with Gasteiger partial charge < -0.3 is 19.5 Å². The summed E-state index contributed by atoms with van der Waals surface area (Å²) in [5, 5.41) is 26.1. The molecule has 0 aromatic carbocycles. The van der Waals surface area contributed by atoms with Gasteiger partial charge in [-0.3, -0.25) is 4.98 Å². The zero-order valence-corrected chi connectivity index (χ0v) is 25.1. The van der Waals surface area contributed by atoms with Crippen LogP contribution in [0.1, 0.15) is 51.9 Å². The molecular weight excluding hydrogens is 591 g/mol. The first-order valence-corrected chi connectivity index (χ1v) is 13.8. The molecule has 1 unspecified atom stereocenters. The molecule has 1 aliphatic heterocycles. The second-order valence-corrected chi connectivity index (χ2v) is 11.8. The number of carbonyl (C=O) groups is 1. The van der Waals surface area contributed by atoms with Gasteiger partial charge in [0.2, 0.25) is 0 Å². The number of likely N-dealkylation sites (tertiary alicyclic amines) is 1. The maximum absolute atomic E-state index is 13.1. The van der Waals surface area contributed by atoms with Crippen molar-refractivity contribution in [2.24, 2.45) is 0 Å². The highest BCUT2D eigenvalue weighted by Gasteiger charge is 2.38. The zero-order chi connectivity index (χ0) is 31.6. The fourth-order valence-corrected chi connectivity index (χ4v) is 4.50. The number of pyridine rings is 2. The molecule has 0 aliphatic carbocycles. The summed E-state index contributed by atoms with van der Waals surface area (Å²) in [6, 6.07) is 4.40. The molecule has 5 rings (SSSR count). The Morgan fingerprint density at radius 3 is 2.56 bits per heavy atom. The predicted octanol–water partition coefficient (Wildman–Crippen LogP) is 5.55. The van der Waals surface area contributed by atoms with Gasteiger partial charge in [-0.05, 0) is 59.2 Å². The van der Waals surface area contributed by atoms with Crippen molar-refractivity contribution >= 4 is 23.2 Å². The molecule has 4 aromatic rings. The van der Waals surface area contributed by atoms with E-state index >= 15 is 0 Å². The van der Waals surface area contributed by atoms with Crippen molar-refractivity contribution < 1.29 is 32.5 Å². The molecule has 43 heavy (non-hydrogen) atoms. The number of hydrogen-bond donors (Lipinski definition) is 2. The van der Waals surface area contributed by atoms with Crippen LogP contribution in [0.5, 0.6) is 5.75 Å². The Balaban J connectivity index is 0.000000239. The van der Waals surface area contributed by atoms with E-state index in [1.807, 2.05) is 6.92 Å². The number of halogens is 4. The average molecular weight is 624 g/mol. The third-order valence-electron chi connectivity index (χ3n) is 6.36. The zero-order valence-electron chi connectivity index (χ0n) is 24.4. The minimum atomic E-state index is -2.77. The Bertz CT molecular complexity index is 1570. The largest absolute Gasteiger partial charge is 0.488 e. The number of amides is 1. The topological polar surface area (TPSA) is 131 Å². The van der Waals surface area contributed by atoms with Crippen LogP contribution in [0, 0.1) is 12.7 Å². The Labute approximate surface area is 251 Å². The fourth-order valence-electron chi connectivity index (χ4n) is 4.28. The molecule has 1 saturated heterocycles. The maximum Gasteiger partial charge on any atom is 0.410 e. The van der Waals surface area contributed by atoms with E-state index in [2.05, 4.69) is 25.5 Å². The summed E-state index contributed by atoms with van der Waals surface area (Å²) in [6.45, 7) is 8.20. The number of hydrogen-bond acceptors (Lipinski definition) is 8. The third-order valence-corrected chi connectivity index (χ3v) is 6.64. The molecule has 11 nitrogen and oxygen atoms in total. The fraction of sp³-hybridized carbons (Fsp3) is 0.464. The van der Waals surface area contributed by atoms with Gasteiger partial charge >= 0.3 is 6.09 Å². The van der Waals surface area contributed by atoms with Gasteiger partial charge in [-0.15, -0.1) is 0 Å². The highest BCUT2D eigenvalue weighted by atomic mass is 35.5. The Morgan fingerprint density at radius 2 is 1.95 bits per heavy atom. The lowest BCUT2D eigenvalue weighted by Gasteiger charge is -2.33. The first kappa shape index (κ1) is 32.0. The van der Waals surface area contributed by atoms with Crippen LogP contribution in [0.15, 0.2) is 36.8 Å². The van der Waals surface area contributed by atoms with E-state index in [1.54, 1.807) is 37.5 Å². The van der Waals surface area contributed by atoms with Crippen LogP contribution in [-0.2, 0) is 10.3 Å². The van der Waals surface area contributed by atoms with Crippen molar-refractivity contribution in [1.29, 1.82) is 0 Å². The van der Waals surface area contributed by atoms with E-state index in [1.165, 1.54) is 25.3 Å². The number of aromatic nitrogens is 6. The van der Waals surface area contributed by atoms with E-state index in [-0.39, 0.29) is 18.7 Å². The molecule has 0 bridgehead atoms. The van der Waals surface area contributed by atoms with Crippen LogP contribution in [0.2, 0.25) is 5.02 Å². The van der Waals surface area contributed by atoms with E-state index in [0.29, 0.717) is 46.2 Å². The SMILES string of the molecule is CC(C)(C)OC(=O)N1CCCC(F)(F)C1.Cc1n[nH]nc1-c1cc(OCC(C)(O)c2ccc(F)cn2)c2c(Cl)cnn2c1. The summed E-state index contributed by atoms with van der Waals surface area (Å²) in [4.78, 5) is 16.5. The normalized spacial score (nSPS) is 16.3. The number of carbonyl (C=O) groups excluding carboxylic acids is 1. The molecule has 0 spiro atoms. The van der Waals surface area contributed by atoms with Crippen molar-refractivity contribution in [3.8, 4) is 17.0 Å². The molecule has 1 atom stereocenters. The second-order valence-electron chi connectivity index (χ2n) is 11.4. The first-order chi connectivity index (χ1) is 20.0. The first-order valence-electron chi connectivity index (χ1n) is 13.4. The number of H-pyrrole nitrogens is 1. The number of nitrogens with zero attached hydrogens (tertiary/aromatic N) is 6. The minimum Gasteiger partial charge on any atom is -0.488 e. The summed E-state index contributed by atoms with van der Waals surface area (Å²) in [6.07, 6.45) is 3.84. The molecule has 1 fully saturated rings. The van der Waals surface area contributed by atoms with E-state index in [0.717, 1.165) is 11.1 Å². The molecule has 5 heterocycles. The predicted molar refractivity (Wildman–Crippen MR) is 152 cm³/mol. The molecule has 232 valence electrons. The molecule has 4 aromatic heterocycles. The van der Waals surface area contributed by atoms with Crippen molar-refractivity contribution in [3.63, 3.8) is 0 Å². The molecule has 0 saturated carbocycles. The van der Waals surface area contributed by atoms with Gasteiger partial charge in [0.15, 0.2) is 0 Å². The van der Waals surface area contributed by atoms with Gasteiger partial charge in [-0.2, -0.15) is 20.5 Å². The van der Waals surface area contributed by atoms with Gasteiger partial charge in [0.1, 0.15) is 40.6 Å². The molecule has 2 N–H and O–H groups in total. The van der Waals surface area contributed by atoms with E-state index in [9.17, 15) is 23.1 Å². The Morgan fingerprint density at radius 1 is 1.21 bits per heavy atom. The number of piperidine rings is 1. The number of aryl methyl sites for hydroxylation is 1. The quantitative estimate of drug-likeness (QED) is 0.296. The van der Waals surface area contributed by atoms with Crippen LogP contribution in [0.3, 0.4) is 0 Å². The van der Waals surface area contributed by atoms with Gasteiger partial charge in [-0.25, -0.2) is 22.5 Å². The van der Waals surface area contributed by atoms with Gasteiger partial charge in [0.05, 0.1) is 35.3 Å². The minimum absolute atomic E-state index is 0.135. The van der Waals surface area contributed by atoms with Crippen molar-refractivity contribution in [2.75, 3.05) is 19.7 Å². The van der Waals surface area contributed by atoms with Crippen molar-refractivity contribution in [2.45, 2.75) is 64.6 Å². The summed E-state index contributed by atoms with van der Waals surface area (Å²) in [5.74, 6) is -2.84. The molecular formula is C28H33ClF3N7O4. The number of fused-ring (bicyclic) bond motifs is 1. The summed E-state index contributed by atoms with van der Waals surface area (Å²) >= 11 is 6.26. The molecule has 1 amide bonds. The highest BCUT2D eigenvalue weighted by molar-refractivity contribution is 6.34. The van der Waals surface area contributed by atoms with Gasteiger partial charge in [0, 0.05) is 24.7 Å². The standard InChI is InChI=1S/C18H16ClFN6O2.C10H17F2NO2/c1-10-16(24-25-23-10)11-5-14(17-13(19)7-22-26(17)8-11)28-9-18(2,27)15-4-3-12(20)6-21-15;1-9(2,3)15-8(14)13-6-4-5-10(11,12)7-13/h3-8,27H,9H2,1-2H3,(H,23,24,25);4-7H2,1-3H3. The van der Waals surface area contributed by atoms with Crippen molar-refractivity contribution in [1.82, 2.24) is 34.9 Å². The van der Waals surface area contributed by atoms with E-state index in [4.69, 9.17) is 21.1 Å². The van der Waals surface area contributed by atoms with Crippen LogP contribution < -0.4 is 4.74 Å². The van der Waals surface area contributed by atoms with Crippen molar-refractivity contribution in [3.05, 3.63) is 59.0 Å². The lowest BCUT2D eigenvalue weighted by Crippen LogP contribution is -2.47. The number of rotatable bonds is 5. The van der Waals surface area contributed by atoms with Crippen LogP contribution >= 0.6 is 11.6 Å². The van der Waals surface area contributed by atoms with Crippen LogP contribution in [0.25, 0.3) is 16.8 Å². The second kappa shape index (κ2) is 12.4. The summed E-state index contributed by atoms with van der Waals surface area (Å²) < 4.78 is 51.6. The maximum atomic E-state index is 13.1. The third kappa shape index (κ3) is 8.14. The molecule has 0 radical (unpaired) electrons. The Kier molecular flexibility index (Phi) is 9.21. The van der Waals surface area contributed by atoms with Crippen LogP contribution in [0.4, 0.5) is 18.0 Å². The number of ether oxygens (including phenoxy) is 2. The van der Waals surface area contributed by atoms with Gasteiger partial charge in [0.25, 0.3) is 5.92 Å². The Hall–Kier alpha value is -3.91. The molecule has 15 heteroatoms. The average Bonchev–Trinajstić information content (AvgIpc) is 3.51. The summed E-state index contributed by atoms with van der Waals surface area (Å²) in [5.41, 5.74) is 0.827. The number of aliphatic hydroxyl groups is 1. The van der Waals surface area contributed by atoms with Crippen LogP contribution in [-0.4, -0.2) is 77.3 Å². The number of aromatic amines is 1. The lowest BCUT2D eigenvalue weighted by molar-refractivity contribution is -0.0687. The molecule has 1 aliphatic rings. The monoisotopic (exact) mass is 623 g/mol. The number of nitrogens with one attached hydrogen (secondary N) is 1. The lowest BCUT2D eigenvalue weighted by atomic mass is 10.0. The van der Waals surface area contributed by atoms with Gasteiger partial charge in [-0.1, -0.05) is 11.6 Å². The van der Waals surface area contributed by atoms with E-state index < -0.39 is 35.6 Å². The highest BCUT2D eigenvalue weighted by Crippen LogP contribution is 2.33. The number of alkyl halides is 2.